The first-order valence-corrected chi connectivity index (χ1v) is 10.9. The van der Waals surface area contributed by atoms with Crippen molar-refractivity contribution in [3.63, 3.8) is 0 Å². The highest BCUT2D eigenvalue weighted by Crippen LogP contribution is 2.48. The van der Waals surface area contributed by atoms with Gasteiger partial charge in [0.05, 0.1) is 6.10 Å². The lowest BCUT2D eigenvalue weighted by atomic mass is 9.74. The monoisotopic (exact) mass is 374 g/mol. The summed E-state index contributed by atoms with van der Waals surface area (Å²) in [4.78, 5) is 2.71. The fraction of sp³-hybridized carbons (Fsp3) is 0.750. The smallest absolute Gasteiger partial charge is 0.0538 e. The molecule has 0 bridgehead atoms. The molecule has 3 nitrogen and oxygen atoms in total. The Hall–Kier alpha value is -1.22. The van der Waals surface area contributed by atoms with Crippen molar-refractivity contribution in [2.45, 2.75) is 111 Å². The van der Waals surface area contributed by atoms with Crippen molar-refractivity contribution < 1.29 is 5.11 Å². The van der Waals surface area contributed by atoms with E-state index >= 15 is 0 Å². The minimum Gasteiger partial charge on any atom is -0.398 e. The Morgan fingerprint density at radius 1 is 1.15 bits per heavy atom. The average Bonchev–Trinajstić information content (AvgIpc) is 2.59. The number of aliphatic hydroxyl groups excluding tert-OH is 1. The first-order chi connectivity index (χ1) is 12.5. The first kappa shape index (κ1) is 22.1. The molecule has 0 amide bonds. The molecule has 1 aromatic rings. The Labute approximate surface area is 167 Å². The minimum absolute atomic E-state index is 0.0411. The van der Waals surface area contributed by atoms with Crippen molar-refractivity contribution in [3.8, 4) is 0 Å². The zero-order chi connectivity index (χ0) is 20.6. The number of nitrogens with two attached hydrogens (primary N) is 1. The van der Waals surface area contributed by atoms with Gasteiger partial charge < -0.3 is 15.7 Å². The zero-order valence-electron chi connectivity index (χ0n) is 18.9. The molecule has 0 spiro atoms. The van der Waals surface area contributed by atoms with Crippen molar-refractivity contribution in [1.82, 2.24) is 0 Å². The van der Waals surface area contributed by atoms with Crippen LogP contribution in [0, 0.1) is 5.92 Å². The molecule has 3 heteroatoms. The highest BCUT2D eigenvalue weighted by molar-refractivity contribution is 5.68. The summed E-state index contributed by atoms with van der Waals surface area (Å²) in [6.45, 7) is 17.9. The summed E-state index contributed by atoms with van der Waals surface area (Å²) in [5.41, 5.74) is 11.5. The number of hydrogen-bond donors (Lipinski definition) is 2. The van der Waals surface area contributed by atoms with Gasteiger partial charge in [-0.15, -0.1) is 0 Å². The van der Waals surface area contributed by atoms with Crippen molar-refractivity contribution in [2.75, 3.05) is 10.6 Å². The van der Waals surface area contributed by atoms with Gasteiger partial charge in [0.2, 0.25) is 0 Å². The van der Waals surface area contributed by atoms with Crippen molar-refractivity contribution in [2.24, 2.45) is 5.92 Å². The van der Waals surface area contributed by atoms with Crippen molar-refractivity contribution >= 4 is 11.4 Å². The molecule has 2 atom stereocenters. The van der Waals surface area contributed by atoms with E-state index in [0.29, 0.717) is 5.92 Å². The van der Waals surface area contributed by atoms with Crippen LogP contribution < -0.4 is 10.6 Å². The van der Waals surface area contributed by atoms with E-state index < -0.39 is 0 Å². The van der Waals surface area contributed by atoms with Gasteiger partial charge in [0.15, 0.2) is 0 Å². The molecular formula is C24H42N2O. The summed E-state index contributed by atoms with van der Waals surface area (Å²) >= 11 is 0. The molecule has 2 unspecified atom stereocenters. The average molecular weight is 375 g/mol. The predicted molar refractivity (Wildman–Crippen MR) is 119 cm³/mol. The number of nitrogen functional groups attached to an aromatic ring is 1. The molecule has 2 rings (SSSR count). The van der Waals surface area contributed by atoms with E-state index in [1.54, 1.807) is 0 Å². The third-order valence-corrected chi connectivity index (χ3v) is 7.07. The lowest BCUT2D eigenvalue weighted by Crippen LogP contribution is -2.61. The summed E-state index contributed by atoms with van der Waals surface area (Å²) in [6.07, 6.45) is 5.08. The molecule has 0 fully saturated rings. The summed E-state index contributed by atoms with van der Waals surface area (Å²) in [5, 5.41) is 10.2. The van der Waals surface area contributed by atoms with Gasteiger partial charge >= 0.3 is 0 Å². The maximum absolute atomic E-state index is 10.2. The number of aryl methyl sites for hydroxylation is 1. The van der Waals surface area contributed by atoms with Crippen LogP contribution in [0.15, 0.2) is 12.1 Å². The molecule has 0 aromatic heterocycles. The number of nitrogens with zero attached hydrogens (tertiary/aromatic N) is 1. The summed E-state index contributed by atoms with van der Waals surface area (Å²) in [6, 6.07) is 4.59. The second kappa shape index (κ2) is 8.03. The van der Waals surface area contributed by atoms with Gasteiger partial charge in [-0.2, -0.15) is 0 Å². The normalized spacial score (nSPS) is 19.1. The molecule has 0 radical (unpaired) electrons. The van der Waals surface area contributed by atoms with Gasteiger partial charge in [0.1, 0.15) is 0 Å². The van der Waals surface area contributed by atoms with Crippen molar-refractivity contribution in [3.05, 3.63) is 23.3 Å². The summed E-state index contributed by atoms with van der Waals surface area (Å²) in [7, 11) is 0. The SMILES string of the molecule is CCC(CC)(CC(C)C(C)O)N1c2cc(C(C)C)c(N)cc2CCC1(C)C. The van der Waals surface area contributed by atoms with Crippen molar-refractivity contribution in [1.29, 1.82) is 0 Å². The van der Waals surface area contributed by atoms with E-state index in [4.69, 9.17) is 5.73 Å². The van der Waals surface area contributed by atoms with Gasteiger partial charge in [-0.3, -0.25) is 0 Å². The van der Waals surface area contributed by atoms with Gasteiger partial charge in [-0.25, -0.2) is 0 Å². The predicted octanol–water partition coefficient (Wildman–Crippen LogP) is 5.89. The van der Waals surface area contributed by atoms with Crippen LogP contribution in [-0.4, -0.2) is 22.3 Å². The number of fused-ring (bicyclic) bond motifs is 1. The topological polar surface area (TPSA) is 49.5 Å². The Balaban J connectivity index is 2.66. The van der Waals surface area contributed by atoms with E-state index in [-0.39, 0.29) is 23.1 Å². The molecule has 1 aliphatic rings. The maximum Gasteiger partial charge on any atom is 0.0538 e. The molecule has 27 heavy (non-hydrogen) atoms. The van der Waals surface area contributed by atoms with Crippen LogP contribution in [-0.2, 0) is 6.42 Å². The van der Waals surface area contributed by atoms with Gasteiger partial charge in [0, 0.05) is 22.5 Å². The van der Waals surface area contributed by atoms with Crippen LogP contribution >= 0.6 is 0 Å². The zero-order valence-corrected chi connectivity index (χ0v) is 18.9. The van der Waals surface area contributed by atoms with Crippen LogP contribution in [0.3, 0.4) is 0 Å². The standard InChI is InChI=1S/C24H42N2O/c1-9-24(10-2,15-17(5)18(6)27)26-22-14-20(16(3)4)21(25)13-19(22)11-12-23(26,7)8/h13-14,16-18,27H,9-12,15,25H2,1-8H3. The number of benzene rings is 1. The Kier molecular flexibility index (Phi) is 6.56. The van der Waals surface area contributed by atoms with E-state index in [9.17, 15) is 5.11 Å². The van der Waals surface area contributed by atoms with Crippen LogP contribution in [0.1, 0.15) is 98.1 Å². The van der Waals surface area contributed by atoms with Crippen LogP contribution in [0.5, 0.6) is 0 Å². The lowest BCUT2D eigenvalue weighted by molar-refractivity contribution is 0.102. The molecule has 1 aliphatic heterocycles. The molecular weight excluding hydrogens is 332 g/mol. The Bertz CT molecular complexity index is 644. The third kappa shape index (κ3) is 4.13. The quantitative estimate of drug-likeness (QED) is 0.585. The number of aliphatic hydroxyl groups is 1. The van der Waals surface area contributed by atoms with Crippen LogP contribution in [0.25, 0.3) is 0 Å². The molecule has 154 valence electrons. The van der Waals surface area contributed by atoms with E-state index in [2.05, 4.69) is 65.5 Å². The highest BCUT2D eigenvalue weighted by Gasteiger charge is 2.45. The van der Waals surface area contributed by atoms with E-state index in [1.807, 2.05) is 6.92 Å². The fourth-order valence-corrected chi connectivity index (χ4v) is 5.07. The van der Waals surface area contributed by atoms with E-state index in [1.165, 1.54) is 16.8 Å². The first-order valence-electron chi connectivity index (χ1n) is 10.9. The Morgan fingerprint density at radius 2 is 1.74 bits per heavy atom. The largest absolute Gasteiger partial charge is 0.398 e. The number of rotatable bonds is 7. The Morgan fingerprint density at radius 3 is 2.22 bits per heavy atom. The highest BCUT2D eigenvalue weighted by atomic mass is 16.3. The van der Waals surface area contributed by atoms with Crippen LogP contribution in [0.2, 0.25) is 0 Å². The molecule has 0 saturated carbocycles. The second-order valence-electron chi connectivity index (χ2n) is 9.77. The number of hydrogen-bond acceptors (Lipinski definition) is 3. The summed E-state index contributed by atoms with van der Waals surface area (Å²) < 4.78 is 0. The molecule has 1 heterocycles. The molecule has 0 aliphatic carbocycles. The fourth-order valence-electron chi connectivity index (χ4n) is 5.07. The van der Waals surface area contributed by atoms with Gasteiger partial charge in [-0.1, -0.05) is 34.6 Å². The van der Waals surface area contributed by atoms with Gasteiger partial charge in [0.25, 0.3) is 0 Å². The molecule has 0 saturated heterocycles. The molecule has 1 aromatic carbocycles. The molecule has 3 N–H and O–H groups in total. The minimum atomic E-state index is -0.285. The lowest BCUT2D eigenvalue weighted by Gasteiger charge is -2.57. The van der Waals surface area contributed by atoms with Gasteiger partial charge in [-0.05, 0) is 88.0 Å². The maximum atomic E-state index is 10.2. The van der Waals surface area contributed by atoms with Crippen LogP contribution in [0.4, 0.5) is 11.4 Å². The summed E-state index contributed by atoms with van der Waals surface area (Å²) in [5.74, 6) is 0.681. The van der Waals surface area contributed by atoms with E-state index in [0.717, 1.165) is 37.8 Å². The number of anilines is 2. The third-order valence-electron chi connectivity index (χ3n) is 7.07. The second-order valence-corrected chi connectivity index (χ2v) is 9.77.